The van der Waals surface area contributed by atoms with Crippen molar-refractivity contribution in [2.45, 2.75) is 19.9 Å². The molecule has 82 valence electrons. The van der Waals surface area contributed by atoms with Crippen LogP contribution in [0.2, 0.25) is 0 Å². The van der Waals surface area contributed by atoms with E-state index in [1.54, 1.807) is 11.1 Å². The summed E-state index contributed by atoms with van der Waals surface area (Å²) in [5, 5.41) is 3.04. The minimum absolute atomic E-state index is 0.122. The average Bonchev–Trinajstić information content (AvgIpc) is 2.22. The Morgan fingerprint density at radius 2 is 2.33 bits per heavy atom. The van der Waals surface area contributed by atoms with E-state index in [1.165, 1.54) is 0 Å². The van der Waals surface area contributed by atoms with Gasteiger partial charge in [-0.25, -0.2) is 0 Å². The molecule has 0 aliphatic rings. The molecule has 0 fully saturated rings. The Morgan fingerprint density at radius 1 is 1.60 bits per heavy atom. The van der Waals surface area contributed by atoms with Crippen LogP contribution in [0, 0.1) is 6.92 Å². The van der Waals surface area contributed by atoms with Crippen LogP contribution in [0.3, 0.4) is 0 Å². The minimum Gasteiger partial charge on any atom is -0.318 e. The number of aromatic nitrogens is 1. The molecular weight excluding hydrogens is 190 g/mol. The van der Waals surface area contributed by atoms with E-state index in [0.29, 0.717) is 0 Å². The molecule has 0 aromatic carbocycles. The Bertz CT molecular complexity index is 310. The Kier molecular flexibility index (Phi) is 4.24. The Hall–Kier alpha value is -1.42. The van der Waals surface area contributed by atoms with Gasteiger partial charge in [-0.2, -0.15) is 0 Å². The van der Waals surface area contributed by atoms with E-state index in [2.05, 4.69) is 10.3 Å². The third-order valence-corrected chi connectivity index (χ3v) is 2.28. The second-order valence-corrected chi connectivity index (χ2v) is 3.58. The van der Waals surface area contributed by atoms with Crippen molar-refractivity contribution in [1.29, 1.82) is 0 Å². The van der Waals surface area contributed by atoms with Crippen molar-refractivity contribution in [3.8, 4) is 0 Å². The smallest absolute Gasteiger partial charge is 0.214 e. The molecule has 4 nitrogen and oxygen atoms in total. The highest BCUT2D eigenvalue weighted by atomic mass is 16.1. The zero-order chi connectivity index (χ0) is 11.3. The van der Waals surface area contributed by atoms with Crippen LogP contribution in [0.25, 0.3) is 0 Å². The predicted octanol–water partition coefficient (Wildman–Crippen LogP) is 0.961. The summed E-state index contributed by atoms with van der Waals surface area (Å²) in [5.41, 5.74) is 1.78. The standard InChI is InChI=1S/C11H17N3O/c1-9-4-5-11(7-13-9)14(8-15)10(2)6-12-3/h4-5,7-8,10,12H,6H2,1-3H3. The lowest BCUT2D eigenvalue weighted by Gasteiger charge is -2.24. The maximum absolute atomic E-state index is 11.0. The molecule has 0 bridgehead atoms. The van der Waals surface area contributed by atoms with Crippen LogP contribution >= 0.6 is 0 Å². The maximum Gasteiger partial charge on any atom is 0.214 e. The van der Waals surface area contributed by atoms with Crippen LogP contribution in [-0.2, 0) is 4.79 Å². The zero-order valence-corrected chi connectivity index (χ0v) is 9.40. The van der Waals surface area contributed by atoms with E-state index < -0.39 is 0 Å². The molecule has 1 aromatic heterocycles. The molecule has 1 N–H and O–H groups in total. The fourth-order valence-electron chi connectivity index (χ4n) is 1.43. The minimum atomic E-state index is 0.122. The Balaban J connectivity index is 2.82. The monoisotopic (exact) mass is 207 g/mol. The molecule has 0 radical (unpaired) electrons. The normalized spacial score (nSPS) is 12.2. The van der Waals surface area contributed by atoms with Crippen molar-refractivity contribution >= 4 is 12.1 Å². The quantitative estimate of drug-likeness (QED) is 0.731. The van der Waals surface area contributed by atoms with Crippen molar-refractivity contribution < 1.29 is 4.79 Å². The van der Waals surface area contributed by atoms with Crippen molar-refractivity contribution in [2.24, 2.45) is 0 Å². The van der Waals surface area contributed by atoms with Gasteiger partial charge in [-0.15, -0.1) is 0 Å². The number of carbonyl (C=O) groups excluding carboxylic acids is 1. The van der Waals surface area contributed by atoms with E-state index in [-0.39, 0.29) is 6.04 Å². The third-order valence-electron chi connectivity index (χ3n) is 2.28. The number of anilines is 1. The van der Waals surface area contributed by atoms with E-state index in [1.807, 2.05) is 33.0 Å². The second-order valence-electron chi connectivity index (χ2n) is 3.58. The van der Waals surface area contributed by atoms with Crippen LogP contribution in [-0.4, -0.2) is 31.0 Å². The Morgan fingerprint density at radius 3 is 2.80 bits per heavy atom. The number of aryl methyl sites for hydroxylation is 1. The van der Waals surface area contributed by atoms with Crippen LogP contribution < -0.4 is 10.2 Å². The summed E-state index contributed by atoms with van der Waals surface area (Å²) in [6, 6.07) is 3.93. The molecule has 1 heterocycles. The summed E-state index contributed by atoms with van der Waals surface area (Å²) in [4.78, 5) is 16.8. The van der Waals surface area contributed by atoms with Crippen molar-refractivity contribution in [2.75, 3.05) is 18.5 Å². The molecule has 0 saturated heterocycles. The van der Waals surface area contributed by atoms with Gasteiger partial charge in [0.1, 0.15) is 0 Å². The SMILES string of the molecule is CNCC(C)N(C=O)c1ccc(C)nc1. The van der Waals surface area contributed by atoms with Gasteiger partial charge in [-0.3, -0.25) is 9.78 Å². The first kappa shape index (κ1) is 11.7. The summed E-state index contributed by atoms with van der Waals surface area (Å²) in [6.45, 7) is 4.67. The third kappa shape index (κ3) is 3.02. The van der Waals surface area contributed by atoms with Gasteiger partial charge in [-0.1, -0.05) is 0 Å². The first-order chi connectivity index (χ1) is 7.19. The molecule has 4 heteroatoms. The molecule has 1 atom stereocenters. The summed E-state index contributed by atoms with van der Waals surface area (Å²) in [7, 11) is 1.87. The number of nitrogens with zero attached hydrogens (tertiary/aromatic N) is 2. The number of hydrogen-bond donors (Lipinski definition) is 1. The summed E-state index contributed by atoms with van der Waals surface area (Å²) >= 11 is 0. The molecule has 0 aliphatic heterocycles. The van der Waals surface area contributed by atoms with E-state index in [4.69, 9.17) is 0 Å². The molecule has 0 aliphatic carbocycles. The molecule has 15 heavy (non-hydrogen) atoms. The van der Waals surface area contributed by atoms with E-state index in [9.17, 15) is 4.79 Å². The number of likely N-dealkylation sites (N-methyl/N-ethyl adjacent to an activating group) is 1. The molecule has 1 aromatic rings. The molecule has 1 rings (SSSR count). The largest absolute Gasteiger partial charge is 0.318 e. The van der Waals surface area contributed by atoms with E-state index >= 15 is 0 Å². The van der Waals surface area contributed by atoms with Crippen LogP contribution in [0.1, 0.15) is 12.6 Å². The highest BCUT2D eigenvalue weighted by Crippen LogP contribution is 2.13. The van der Waals surface area contributed by atoms with Gasteiger partial charge < -0.3 is 10.2 Å². The number of rotatable bonds is 5. The second kappa shape index (κ2) is 5.46. The van der Waals surface area contributed by atoms with Gasteiger partial charge >= 0.3 is 0 Å². The topological polar surface area (TPSA) is 45.2 Å². The molecule has 1 unspecified atom stereocenters. The molecular formula is C11H17N3O. The number of amides is 1. The average molecular weight is 207 g/mol. The van der Waals surface area contributed by atoms with Crippen molar-refractivity contribution in [3.63, 3.8) is 0 Å². The van der Waals surface area contributed by atoms with Gasteiger partial charge in [0.2, 0.25) is 6.41 Å². The lowest BCUT2D eigenvalue weighted by atomic mass is 10.2. The van der Waals surface area contributed by atoms with E-state index in [0.717, 1.165) is 24.3 Å². The predicted molar refractivity (Wildman–Crippen MR) is 60.9 cm³/mol. The van der Waals surface area contributed by atoms with Crippen LogP contribution in [0.5, 0.6) is 0 Å². The van der Waals surface area contributed by atoms with Gasteiger partial charge in [-0.05, 0) is 33.0 Å². The lowest BCUT2D eigenvalue weighted by Crippen LogP contribution is -2.38. The first-order valence-corrected chi connectivity index (χ1v) is 5.00. The molecule has 1 amide bonds. The van der Waals surface area contributed by atoms with Crippen molar-refractivity contribution in [1.82, 2.24) is 10.3 Å². The number of hydrogen-bond acceptors (Lipinski definition) is 3. The zero-order valence-electron chi connectivity index (χ0n) is 9.40. The highest BCUT2D eigenvalue weighted by molar-refractivity contribution is 5.75. The summed E-state index contributed by atoms with van der Waals surface area (Å²) < 4.78 is 0. The summed E-state index contributed by atoms with van der Waals surface area (Å²) in [5.74, 6) is 0. The van der Waals surface area contributed by atoms with Gasteiger partial charge in [0, 0.05) is 18.3 Å². The van der Waals surface area contributed by atoms with Crippen LogP contribution in [0.15, 0.2) is 18.3 Å². The van der Waals surface area contributed by atoms with Gasteiger partial charge in [0.15, 0.2) is 0 Å². The maximum atomic E-state index is 11.0. The fourth-order valence-corrected chi connectivity index (χ4v) is 1.43. The summed E-state index contributed by atoms with van der Waals surface area (Å²) in [6.07, 6.45) is 2.56. The van der Waals surface area contributed by atoms with Crippen LogP contribution in [0.4, 0.5) is 5.69 Å². The molecule has 0 saturated carbocycles. The van der Waals surface area contributed by atoms with Crippen molar-refractivity contribution in [3.05, 3.63) is 24.0 Å². The number of nitrogens with one attached hydrogen (secondary N) is 1. The van der Waals surface area contributed by atoms with Gasteiger partial charge in [0.25, 0.3) is 0 Å². The fraction of sp³-hybridized carbons (Fsp3) is 0.455. The first-order valence-electron chi connectivity index (χ1n) is 5.00. The lowest BCUT2D eigenvalue weighted by molar-refractivity contribution is -0.107. The molecule has 0 spiro atoms. The number of carbonyl (C=O) groups is 1. The van der Waals surface area contributed by atoms with Gasteiger partial charge in [0.05, 0.1) is 11.9 Å². The highest BCUT2D eigenvalue weighted by Gasteiger charge is 2.12. The number of pyridine rings is 1. The Labute approximate surface area is 90.3 Å².